The van der Waals surface area contributed by atoms with E-state index in [2.05, 4.69) is 0 Å². The van der Waals surface area contributed by atoms with E-state index in [1.165, 1.54) is 19.3 Å². The number of nitrogens with zero attached hydrogens (tertiary/aromatic N) is 1. The van der Waals surface area contributed by atoms with Crippen molar-refractivity contribution in [1.82, 2.24) is 10.4 Å². The minimum absolute atomic E-state index is 0.0147. The van der Waals surface area contributed by atoms with Gasteiger partial charge in [0.25, 0.3) is 5.91 Å². The van der Waals surface area contributed by atoms with Gasteiger partial charge in [0.1, 0.15) is 12.4 Å². The summed E-state index contributed by atoms with van der Waals surface area (Å²) in [5.41, 5.74) is 2.82. The summed E-state index contributed by atoms with van der Waals surface area (Å²) >= 11 is 0. The molecule has 7 nitrogen and oxygen atoms in total. The number of ether oxygens (including phenoxy) is 2. The monoisotopic (exact) mass is 390 g/mol. The summed E-state index contributed by atoms with van der Waals surface area (Å²) < 4.78 is 11.5. The Balaban J connectivity index is 1.68. The van der Waals surface area contributed by atoms with E-state index in [1.54, 1.807) is 23.7 Å². The van der Waals surface area contributed by atoms with Gasteiger partial charge < -0.3 is 14.4 Å². The number of carbonyl (C=O) groups excluding carboxylic acids is 2. The van der Waals surface area contributed by atoms with Gasteiger partial charge in [0, 0.05) is 36.8 Å². The van der Waals surface area contributed by atoms with Gasteiger partial charge in [-0.25, -0.2) is 5.48 Å². The van der Waals surface area contributed by atoms with Crippen molar-refractivity contribution in [3.63, 3.8) is 0 Å². The van der Waals surface area contributed by atoms with Crippen molar-refractivity contribution >= 4 is 11.8 Å². The first-order chi connectivity index (χ1) is 13.7. The maximum Gasteiger partial charge on any atom is 0.274 e. The molecule has 0 bridgehead atoms. The van der Waals surface area contributed by atoms with Crippen LogP contribution in [-0.4, -0.2) is 48.3 Å². The van der Waals surface area contributed by atoms with E-state index in [-0.39, 0.29) is 11.8 Å². The normalized spacial score (nSPS) is 21.5. The lowest BCUT2D eigenvalue weighted by Crippen LogP contribution is -2.37. The van der Waals surface area contributed by atoms with E-state index in [0.717, 1.165) is 37.9 Å². The maximum absolute atomic E-state index is 13.2. The van der Waals surface area contributed by atoms with Crippen LogP contribution >= 0.6 is 0 Å². The van der Waals surface area contributed by atoms with Gasteiger partial charge in [-0.2, -0.15) is 0 Å². The largest absolute Gasteiger partial charge is 0.491 e. The highest BCUT2D eigenvalue weighted by Crippen LogP contribution is 2.27. The third-order valence-corrected chi connectivity index (χ3v) is 5.52. The molecule has 2 aliphatic heterocycles. The highest BCUT2D eigenvalue weighted by atomic mass is 16.5. The minimum atomic E-state index is -0.582. The molecule has 2 aliphatic rings. The maximum atomic E-state index is 13.2. The Hall–Kier alpha value is -2.12. The number of hydrogen-bond donors (Lipinski definition) is 2. The molecule has 3 rings (SSSR count). The molecule has 2 amide bonds. The van der Waals surface area contributed by atoms with Gasteiger partial charge >= 0.3 is 0 Å². The Kier molecular flexibility index (Phi) is 7.68. The third-order valence-electron chi connectivity index (χ3n) is 5.52. The predicted octanol–water partition coefficient (Wildman–Crippen LogP) is 2.90. The van der Waals surface area contributed by atoms with E-state index >= 15 is 0 Å². The van der Waals surface area contributed by atoms with Crippen LogP contribution in [0.25, 0.3) is 0 Å². The Morgan fingerprint density at radius 2 is 1.86 bits per heavy atom. The van der Waals surface area contributed by atoms with Gasteiger partial charge in [0.15, 0.2) is 0 Å². The fraction of sp³-hybridized carbons (Fsp3) is 0.619. The first kappa shape index (κ1) is 20.6. The number of hydroxylamine groups is 1. The molecule has 0 saturated carbocycles. The number of nitrogens with one attached hydrogen (secondary N) is 1. The summed E-state index contributed by atoms with van der Waals surface area (Å²) in [6.07, 6.45) is 7.44. The average molecular weight is 390 g/mol. The first-order valence-electron chi connectivity index (χ1n) is 10.3. The zero-order valence-electron chi connectivity index (χ0n) is 16.3. The van der Waals surface area contributed by atoms with Gasteiger partial charge in [-0.15, -0.1) is 0 Å². The number of rotatable bonds is 2. The molecule has 2 N–H and O–H groups in total. The highest BCUT2D eigenvalue weighted by Gasteiger charge is 2.27. The number of hydrogen-bond acceptors (Lipinski definition) is 5. The lowest BCUT2D eigenvalue weighted by molar-refractivity contribution is -0.137. The fourth-order valence-electron chi connectivity index (χ4n) is 3.87. The fourth-order valence-corrected chi connectivity index (χ4v) is 3.87. The quantitative estimate of drug-likeness (QED) is 0.599. The molecule has 2 heterocycles. The average Bonchev–Trinajstić information content (AvgIpc) is 2.96. The van der Waals surface area contributed by atoms with Crippen molar-refractivity contribution < 1.29 is 24.3 Å². The number of fused-ring (bicyclic) bond motifs is 1. The predicted molar refractivity (Wildman–Crippen MR) is 103 cm³/mol. The van der Waals surface area contributed by atoms with Gasteiger partial charge in [-0.3, -0.25) is 14.8 Å². The second-order valence-corrected chi connectivity index (χ2v) is 7.53. The lowest BCUT2D eigenvalue weighted by atomic mass is 9.96. The molecular formula is C21H30N2O5. The standard InChI is InChI=1S/C21H30N2O5/c24-20(22-26)17-7-8-18-15-23(10-13-28-19(18)14-17)21(25)16-6-4-2-1-3-5-11-27-12-9-16/h7-8,14,16,26H,1-6,9-13,15H2,(H,22,24). The molecule has 154 valence electrons. The highest BCUT2D eigenvalue weighted by molar-refractivity contribution is 5.93. The molecule has 0 spiro atoms. The smallest absolute Gasteiger partial charge is 0.274 e. The molecule has 7 heteroatoms. The summed E-state index contributed by atoms with van der Waals surface area (Å²) in [5.74, 6) is 0.152. The van der Waals surface area contributed by atoms with Crippen molar-refractivity contribution in [1.29, 1.82) is 0 Å². The Bertz CT molecular complexity index is 667. The zero-order valence-corrected chi connectivity index (χ0v) is 16.3. The zero-order chi connectivity index (χ0) is 19.8. The van der Waals surface area contributed by atoms with Crippen LogP contribution in [-0.2, 0) is 16.1 Å². The van der Waals surface area contributed by atoms with E-state index in [1.807, 2.05) is 4.90 Å². The van der Waals surface area contributed by atoms with E-state index in [4.69, 9.17) is 14.7 Å². The van der Waals surface area contributed by atoms with Gasteiger partial charge in [0.2, 0.25) is 5.91 Å². The summed E-state index contributed by atoms with van der Waals surface area (Å²) in [5, 5.41) is 8.80. The van der Waals surface area contributed by atoms with Gasteiger partial charge in [-0.05, 0) is 31.4 Å². The molecule has 1 aromatic carbocycles. The van der Waals surface area contributed by atoms with E-state index in [0.29, 0.717) is 37.6 Å². The van der Waals surface area contributed by atoms with Crippen molar-refractivity contribution in [3.8, 4) is 5.75 Å². The van der Waals surface area contributed by atoms with Crippen LogP contribution in [0, 0.1) is 5.92 Å². The van der Waals surface area contributed by atoms with Crippen molar-refractivity contribution in [2.24, 2.45) is 5.92 Å². The Morgan fingerprint density at radius 3 is 2.71 bits per heavy atom. The molecule has 1 saturated heterocycles. The Morgan fingerprint density at radius 1 is 1.04 bits per heavy atom. The summed E-state index contributed by atoms with van der Waals surface area (Å²) in [6, 6.07) is 5.02. The van der Waals surface area contributed by atoms with Gasteiger partial charge in [-0.1, -0.05) is 31.7 Å². The molecular weight excluding hydrogens is 360 g/mol. The third kappa shape index (κ3) is 5.45. The number of benzene rings is 1. The molecule has 1 fully saturated rings. The van der Waals surface area contributed by atoms with Crippen LogP contribution in [0.4, 0.5) is 0 Å². The van der Waals surface area contributed by atoms with Crippen molar-refractivity contribution in [3.05, 3.63) is 29.3 Å². The molecule has 1 aromatic rings. The topological polar surface area (TPSA) is 88.1 Å². The van der Waals surface area contributed by atoms with Crippen LogP contribution in [0.2, 0.25) is 0 Å². The molecule has 1 atom stereocenters. The van der Waals surface area contributed by atoms with Crippen molar-refractivity contribution in [2.75, 3.05) is 26.4 Å². The van der Waals surface area contributed by atoms with E-state index < -0.39 is 5.91 Å². The van der Waals surface area contributed by atoms with Crippen molar-refractivity contribution in [2.45, 2.75) is 51.5 Å². The number of carbonyl (C=O) groups is 2. The molecule has 28 heavy (non-hydrogen) atoms. The van der Waals surface area contributed by atoms with Gasteiger partial charge in [0.05, 0.1) is 6.54 Å². The second kappa shape index (κ2) is 10.4. The molecule has 1 unspecified atom stereocenters. The van der Waals surface area contributed by atoms with Crippen LogP contribution in [0.5, 0.6) is 5.75 Å². The molecule has 0 radical (unpaired) electrons. The number of amides is 2. The van der Waals surface area contributed by atoms with Crippen LogP contribution < -0.4 is 10.2 Å². The Labute approximate surface area is 166 Å². The SMILES string of the molecule is O=C(NO)c1ccc2c(c1)OCCN(C(=O)C1CCCCCCCOCC1)C2. The molecule has 0 aromatic heterocycles. The summed E-state index contributed by atoms with van der Waals surface area (Å²) in [6.45, 7) is 2.79. The van der Waals surface area contributed by atoms with Crippen LogP contribution in [0.1, 0.15) is 60.9 Å². The first-order valence-corrected chi connectivity index (χ1v) is 10.3. The minimum Gasteiger partial charge on any atom is -0.491 e. The molecule has 0 aliphatic carbocycles. The van der Waals surface area contributed by atoms with Crippen LogP contribution in [0.15, 0.2) is 18.2 Å². The summed E-state index contributed by atoms with van der Waals surface area (Å²) in [4.78, 5) is 26.7. The lowest BCUT2D eigenvalue weighted by Gasteiger charge is -2.26. The summed E-state index contributed by atoms with van der Waals surface area (Å²) in [7, 11) is 0. The van der Waals surface area contributed by atoms with Crippen LogP contribution in [0.3, 0.4) is 0 Å². The van der Waals surface area contributed by atoms with E-state index in [9.17, 15) is 9.59 Å². The second-order valence-electron chi connectivity index (χ2n) is 7.53.